The van der Waals surface area contributed by atoms with Gasteiger partial charge in [0.15, 0.2) is 0 Å². The van der Waals surface area contributed by atoms with Crippen molar-refractivity contribution in [2.75, 3.05) is 13.1 Å². The Labute approximate surface area is 147 Å². The Morgan fingerprint density at radius 2 is 2.00 bits per heavy atom. The minimum atomic E-state index is 0.0202. The minimum absolute atomic E-state index is 0.0202. The number of nitrogens with one attached hydrogen (secondary N) is 1. The number of rotatable bonds is 5. The molecular weight excluding hydrogens is 310 g/mol. The number of aromatic nitrogens is 2. The van der Waals surface area contributed by atoms with E-state index in [9.17, 15) is 4.79 Å². The zero-order valence-corrected chi connectivity index (χ0v) is 14.5. The average molecular weight is 333 g/mol. The van der Waals surface area contributed by atoms with Crippen molar-refractivity contribution in [3.05, 3.63) is 65.5 Å². The first-order valence-corrected chi connectivity index (χ1v) is 9.06. The lowest BCUT2D eigenvalue weighted by molar-refractivity contribution is -0.132. The molecule has 0 fully saturated rings. The number of aryl methyl sites for hydroxylation is 1. The van der Waals surface area contributed by atoms with Crippen LogP contribution in [0.1, 0.15) is 36.2 Å². The van der Waals surface area contributed by atoms with E-state index in [0.717, 1.165) is 42.7 Å². The maximum absolute atomic E-state index is 13.0. The normalized spacial score (nSPS) is 16.1. The third-order valence-corrected chi connectivity index (χ3v) is 5.18. The summed E-state index contributed by atoms with van der Waals surface area (Å²) in [4.78, 5) is 23.0. The van der Waals surface area contributed by atoms with Gasteiger partial charge in [0.05, 0.1) is 17.0 Å². The van der Waals surface area contributed by atoms with Crippen molar-refractivity contribution in [3.63, 3.8) is 0 Å². The number of fused-ring (bicyclic) bond motifs is 2. The minimum Gasteiger partial charge on any atom is -0.342 e. The van der Waals surface area contributed by atoms with Crippen LogP contribution in [-0.2, 0) is 17.6 Å². The van der Waals surface area contributed by atoms with E-state index in [0.29, 0.717) is 6.54 Å². The number of carbonyl (C=O) groups excluding carboxylic acids is 1. The summed E-state index contributed by atoms with van der Waals surface area (Å²) >= 11 is 0. The van der Waals surface area contributed by atoms with Crippen molar-refractivity contribution in [2.45, 2.75) is 32.1 Å². The van der Waals surface area contributed by atoms with Gasteiger partial charge in [-0.3, -0.25) is 4.79 Å². The van der Waals surface area contributed by atoms with Crippen LogP contribution in [0.2, 0.25) is 0 Å². The Morgan fingerprint density at radius 1 is 1.20 bits per heavy atom. The second kappa shape index (κ2) is 6.71. The molecule has 1 aromatic heterocycles. The number of benzene rings is 2. The first-order valence-electron chi connectivity index (χ1n) is 9.06. The Bertz CT molecular complexity index is 866. The molecule has 4 rings (SSSR count). The third-order valence-electron chi connectivity index (χ3n) is 5.18. The van der Waals surface area contributed by atoms with Crippen molar-refractivity contribution in [1.29, 1.82) is 0 Å². The lowest BCUT2D eigenvalue weighted by Crippen LogP contribution is -2.36. The Morgan fingerprint density at radius 3 is 2.84 bits per heavy atom. The standard InChI is InChI=1S/C21H23N3O/c1-2-24(14-13-20-22-18-9-5-6-10-19(18)23-20)21(25)17-12-11-15-7-3-4-8-16(15)17/h3-10,17H,2,11-14H2,1H3,(H,22,23). The summed E-state index contributed by atoms with van der Waals surface area (Å²) in [5, 5.41) is 0. The van der Waals surface area contributed by atoms with Crippen LogP contribution < -0.4 is 0 Å². The summed E-state index contributed by atoms with van der Waals surface area (Å²) in [5.74, 6) is 1.22. The van der Waals surface area contributed by atoms with Gasteiger partial charge in [-0.2, -0.15) is 0 Å². The monoisotopic (exact) mass is 333 g/mol. The van der Waals surface area contributed by atoms with Crippen molar-refractivity contribution in [3.8, 4) is 0 Å². The largest absolute Gasteiger partial charge is 0.342 e. The first-order chi connectivity index (χ1) is 12.3. The Hall–Kier alpha value is -2.62. The molecule has 1 heterocycles. The summed E-state index contributed by atoms with van der Waals surface area (Å²) < 4.78 is 0. The van der Waals surface area contributed by atoms with Gasteiger partial charge < -0.3 is 9.88 Å². The summed E-state index contributed by atoms with van der Waals surface area (Å²) in [6, 6.07) is 16.4. The smallest absolute Gasteiger partial charge is 0.230 e. The molecule has 4 heteroatoms. The van der Waals surface area contributed by atoms with Crippen LogP contribution in [0.4, 0.5) is 0 Å². The molecule has 1 amide bonds. The van der Waals surface area contributed by atoms with Gasteiger partial charge in [0.1, 0.15) is 5.82 Å². The molecule has 1 unspecified atom stereocenters. The van der Waals surface area contributed by atoms with Crippen LogP contribution in [0.15, 0.2) is 48.5 Å². The molecule has 0 bridgehead atoms. The Balaban J connectivity index is 1.46. The molecule has 1 aliphatic carbocycles. The molecule has 0 saturated carbocycles. The van der Waals surface area contributed by atoms with Crippen LogP contribution >= 0.6 is 0 Å². The number of carbonyl (C=O) groups is 1. The molecule has 3 aromatic rings. The molecule has 1 N–H and O–H groups in total. The zero-order chi connectivity index (χ0) is 17.2. The van der Waals surface area contributed by atoms with Gasteiger partial charge in [-0.25, -0.2) is 4.98 Å². The van der Waals surface area contributed by atoms with Gasteiger partial charge in [-0.15, -0.1) is 0 Å². The number of hydrogen-bond acceptors (Lipinski definition) is 2. The van der Waals surface area contributed by atoms with Crippen LogP contribution in [0.5, 0.6) is 0 Å². The molecular formula is C21H23N3O. The van der Waals surface area contributed by atoms with Crippen LogP contribution in [0.25, 0.3) is 11.0 Å². The second-order valence-corrected chi connectivity index (χ2v) is 6.66. The first kappa shape index (κ1) is 15.9. The highest BCUT2D eigenvalue weighted by atomic mass is 16.2. The number of imidazole rings is 1. The highest BCUT2D eigenvalue weighted by Crippen LogP contribution is 2.34. The summed E-state index contributed by atoms with van der Waals surface area (Å²) in [6.07, 6.45) is 2.69. The van der Waals surface area contributed by atoms with Crippen molar-refractivity contribution in [2.24, 2.45) is 0 Å². The lowest BCUT2D eigenvalue weighted by atomic mass is 9.99. The number of H-pyrrole nitrogens is 1. The predicted octanol–water partition coefficient (Wildman–Crippen LogP) is 3.68. The van der Waals surface area contributed by atoms with Crippen molar-refractivity contribution >= 4 is 16.9 Å². The molecule has 2 aromatic carbocycles. The fourth-order valence-corrected chi connectivity index (χ4v) is 3.82. The van der Waals surface area contributed by atoms with Crippen LogP contribution in [0, 0.1) is 0 Å². The molecule has 0 radical (unpaired) electrons. The molecule has 1 atom stereocenters. The molecule has 0 spiro atoms. The fourth-order valence-electron chi connectivity index (χ4n) is 3.82. The zero-order valence-electron chi connectivity index (χ0n) is 14.5. The van der Waals surface area contributed by atoms with E-state index in [2.05, 4.69) is 35.1 Å². The van der Waals surface area contributed by atoms with E-state index in [4.69, 9.17) is 0 Å². The predicted molar refractivity (Wildman–Crippen MR) is 99.6 cm³/mol. The van der Waals surface area contributed by atoms with Gasteiger partial charge in [0, 0.05) is 19.5 Å². The van der Waals surface area contributed by atoms with E-state index in [-0.39, 0.29) is 11.8 Å². The number of hydrogen-bond donors (Lipinski definition) is 1. The molecule has 4 nitrogen and oxygen atoms in total. The number of nitrogens with zero attached hydrogens (tertiary/aromatic N) is 2. The van der Waals surface area contributed by atoms with Crippen molar-refractivity contribution in [1.82, 2.24) is 14.9 Å². The Kier molecular flexibility index (Phi) is 4.26. The molecule has 1 aliphatic rings. The SMILES string of the molecule is CCN(CCc1nc2ccccc2[nH]1)C(=O)C1CCc2ccccc21. The molecule has 25 heavy (non-hydrogen) atoms. The highest BCUT2D eigenvalue weighted by Gasteiger charge is 2.30. The van der Waals surface area contributed by atoms with Crippen LogP contribution in [0.3, 0.4) is 0 Å². The summed E-state index contributed by atoms with van der Waals surface area (Å²) in [5.41, 5.74) is 4.58. The maximum Gasteiger partial charge on any atom is 0.230 e. The van der Waals surface area contributed by atoms with Gasteiger partial charge in [0.2, 0.25) is 5.91 Å². The number of para-hydroxylation sites is 2. The van der Waals surface area contributed by atoms with Gasteiger partial charge in [-0.05, 0) is 43.0 Å². The molecule has 128 valence electrons. The lowest BCUT2D eigenvalue weighted by Gasteiger charge is -2.24. The summed E-state index contributed by atoms with van der Waals surface area (Å²) in [7, 11) is 0. The van der Waals surface area contributed by atoms with Crippen molar-refractivity contribution < 1.29 is 4.79 Å². The van der Waals surface area contributed by atoms with E-state index in [1.165, 1.54) is 11.1 Å². The number of likely N-dealkylation sites (N-methyl/N-ethyl adjacent to an activating group) is 1. The third kappa shape index (κ3) is 3.04. The topological polar surface area (TPSA) is 49.0 Å². The molecule has 0 saturated heterocycles. The highest BCUT2D eigenvalue weighted by molar-refractivity contribution is 5.85. The van der Waals surface area contributed by atoms with Crippen LogP contribution in [-0.4, -0.2) is 33.9 Å². The quantitative estimate of drug-likeness (QED) is 0.774. The number of aromatic amines is 1. The van der Waals surface area contributed by atoms with Gasteiger partial charge in [0.25, 0.3) is 0 Å². The van der Waals surface area contributed by atoms with E-state index < -0.39 is 0 Å². The van der Waals surface area contributed by atoms with E-state index in [1.54, 1.807) is 0 Å². The summed E-state index contributed by atoms with van der Waals surface area (Å²) in [6.45, 7) is 3.49. The van der Waals surface area contributed by atoms with E-state index >= 15 is 0 Å². The van der Waals surface area contributed by atoms with Gasteiger partial charge >= 0.3 is 0 Å². The maximum atomic E-state index is 13.0. The second-order valence-electron chi connectivity index (χ2n) is 6.66. The number of amides is 1. The van der Waals surface area contributed by atoms with E-state index in [1.807, 2.05) is 35.2 Å². The average Bonchev–Trinajstić information content (AvgIpc) is 3.25. The fraction of sp³-hybridized carbons (Fsp3) is 0.333. The van der Waals surface area contributed by atoms with Gasteiger partial charge in [-0.1, -0.05) is 36.4 Å². The molecule has 0 aliphatic heterocycles.